The standard InChI is InChI=1S/C20H19Cl2F3N4/c21-14-3-4-15(16(22)10-14)19-17(12-28-8-1-6-26-7-9-28)29-11-13(20(23,24)25)2-5-18(29)27-19/h2-5,10-11,26H,1,6-9,12H2. The second-order valence-electron chi connectivity index (χ2n) is 7.05. The number of fused-ring (bicyclic) bond motifs is 1. The van der Waals surface area contributed by atoms with Crippen LogP contribution in [0.3, 0.4) is 0 Å². The van der Waals surface area contributed by atoms with Crippen molar-refractivity contribution < 1.29 is 13.2 Å². The predicted molar refractivity (Wildman–Crippen MR) is 108 cm³/mol. The minimum atomic E-state index is -4.43. The molecule has 3 heterocycles. The van der Waals surface area contributed by atoms with Gasteiger partial charge in [0.05, 0.1) is 22.0 Å². The van der Waals surface area contributed by atoms with Gasteiger partial charge in [-0.2, -0.15) is 13.2 Å². The van der Waals surface area contributed by atoms with Crippen molar-refractivity contribution in [3.63, 3.8) is 0 Å². The van der Waals surface area contributed by atoms with Crippen molar-refractivity contribution >= 4 is 28.8 Å². The Labute approximate surface area is 176 Å². The quantitative estimate of drug-likeness (QED) is 0.610. The molecule has 2 aromatic heterocycles. The van der Waals surface area contributed by atoms with Crippen LogP contribution in [0, 0.1) is 0 Å². The lowest BCUT2D eigenvalue weighted by Gasteiger charge is -2.20. The second-order valence-corrected chi connectivity index (χ2v) is 7.90. The number of benzene rings is 1. The fraction of sp³-hybridized carbons (Fsp3) is 0.350. The van der Waals surface area contributed by atoms with Gasteiger partial charge in [-0.15, -0.1) is 0 Å². The van der Waals surface area contributed by atoms with E-state index >= 15 is 0 Å². The van der Waals surface area contributed by atoms with Crippen molar-refractivity contribution in [2.75, 3.05) is 26.2 Å². The molecule has 0 atom stereocenters. The van der Waals surface area contributed by atoms with Gasteiger partial charge in [0.1, 0.15) is 5.65 Å². The monoisotopic (exact) mass is 442 g/mol. The first-order valence-electron chi connectivity index (χ1n) is 9.29. The molecule has 0 saturated carbocycles. The van der Waals surface area contributed by atoms with Crippen LogP contribution < -0.4 is 5.32 Å². The number of pyridine rings is 1. The van der Waals surface area contributed by atoms with E-state index in [1.807, 2.05) is 0 Å². The van der Waals surface area contributed by atoms with Crippen molar-refractivity contribution in [1.82, 2.24) is 19.6 Å². The Bertz CT molecular complexity index is 1020. The molecule has 1 aliphatic heterocycles. The highest BCUT2D eigenvalue weighted by atomic mass is 35.5. The molecule has 1 N–H and O–H groups in total. The fourth-order valence-corrected chi connectivity index (χ4v) is 4.08. The van der Waals surface area contributed by atoms with E-state index in [0.29, 0.717) is 39.2 Å². The van der Waals surface area contributed by atoms with E-state index in [1.54, 1.807) is 18.2 Å². The molecule has 1 saturated heterocycles. The van der Waals surface area contributed by atoms with Gasteiger partial charge in [-0.1, -0.05) is 23.2 Å². The number of aromatic nitrogens is 2. The summed E-state index contributed by atoms with van der Waals surface area (Å²) in [5.74, 6) is 0. The van der Waals surface area contributed by atoms with Gasteiger partial charge in [0.25, 0.3) is 0 Å². The largest absolute Gasteiger partial charge is 0.417 e. The summed E-state index contributed by atoms with van der Waals surface area (Å²) in [6.45, 7) is 3.89. The van der Waals surface area contributed by atoms with Gasteiger partial charge in [-0.25, -0.2) is 4.98 Å². The van der Waals surface area contributed by atoms with Crippen LogP contribution in [-0.4, -0.2) is 40.5 Å². The highest BCUT2D eigenvalue weighted by Gasteiger charge is 2.31. The third-order valence-corrected chi connectivity index (χ3v) is 5.58. The minimum Gasteiger partial charge on any atom is -0.315 e. The smallest absolute Gasteiger partial charge is 0.315 e. The van der Waals surface area contributed by atoms with Crippen molar-refractivity contribution in [2.45, 2.75) is 19.1 Å². The van der Waals surface area contributed by atoms with E-state index in [0.717, 1.165) is 44.9 Å². The number of hydrogen-bond acceptors (Lipinski definition) is 3. The molecule has 3 aromatic rings. The minimum absolute atomic E-state index is 0.413. The highest BCUT2D eigenvalue weighted by Crippen LogP contribution is 2.35. The van der Waals surface area contributed by atoms with Crippen molar-refractivity contribution in [3.8, 4) is 11.3 Å². The van der Waals surface area contributed by atoms with Gasteiger partial charge in [0, 0.05) is 36.4 Å². The Balaban J connectivity index is 1.86. The number of alkyl halides is 3. The molecule has 4 nitrogen and oxygen atoms in total. The average Bonchev–Trinajstić information content (AvgIpc) is 2.82. The fourth-order valence-electron chi connectivity index (χ4n) is 3.58. The third kappa shape index (κ3) is 4.38. The van der Waals surface area contributed by atoms with Crippen LogP contribution in [0.2, 0.25) is 10.0 Å². The maximum Gasteiger partial charge on any atom is 0.417 e. The number of rotatable bonds is 3. The molecule has 0 amide bonds. The average molecular weight is 443 g/mol. The van der Waals surface area contributed by atoms with Crippen molar-refractivity contribution in [2.24, 2.45) is 0 Å². The Morgan fingerprint density at radius 2 is 1.90 bits per heavy atom. The lowest BCUT2D eigenvalue weighted by Crippen LogP contribution is -2.28. The van der Waals surface area contributed by atoms with Crippen LogP contribution in [0.1, 0.15) is 17.7 Å². The van der Waals surface area contributed by atoms with Crippen LogP contribution in [0.25, 0.3) is 16.9 Å². The summed E-state index contributed by atoms with van der Waals surface area (Å²) >= 11 is 12.4. The van der Waals surface area contributed by atoms with E-state index < -0.39 is 11.7 Å². The third-order valence-electron chi connectivity index (χ3n) is 5.04. The molecule has 1 fully saturated rings. The molecular formula is C20H19Cl2F3N4. The van der Waals surface area contributed by atoms with E-state index in [4.69, 9.17) is 23.2 Å². The molecule has 0 aliphatic carbocycles. The second kappa shape index (κ2) is 8.14. The molecule has 0 bridgehead atoms. The van der Waals surface area contributed by atoms with Crippen LogP contribution in [-0.2, 0) is 12.7 Å². The summed E-state index contributed by atoms with van der Waals surface area (Å²) in [5.41, 5.74) is 1.63. The van der Waals surface area contributed by atoms with Crippen molar-refractivity contribution in [1.29, 1.82) is 0 Å². The molecule has 0 unspecified atom stereocenters. The first-order valence-corrected chi connectivity index (χ1v) is 10.1. The van der Waals surface area contributed by atoms with Gasteiger partial charge < -0.3 is 9.72 Å². The Morgan fingerprint density at radius 1 is 1.07 bits per heavy atom. The molecule has 0 radical (unpaired) electrons. The maximum atomic E-state index is 13.3. The first-order chi connectivity index (χ1) is 13.8. The van der Waals surface area contributed by atoms with Crippen LogP contribution in [0.5, 0.6) is 0 Å². The first kappa shape index (κ1) is 20.5. The normalized spacial score (nSPS) is 16.3. The summed E-state index contributed by atoms with van der Waals surface area (Å²) in [6.07, 6.45) is -2.34. The Morgan fingerprint density at radius 3 is 2.66 bits per heavy atom. The number of imidazole rings is 1. The summed E-state index contributed by atoms with van der Waals surface area (Å²) in [6, 6.07) is 7.51. The molecule has 154 valence electrons. The number of halogens is 5. The van der Waals surface area contributed by atoms with E-state index in [1.165, 1.54) is 10.5 Å². The van der Waals surface area contributed by atoms with Crippen molar-refractivity contribution in [3.05, 3.63) is 57.8 Å². The zero-order valence-electron chi connectivity index (χ0n) is 15.4. The van der Waals surface area contributed by atoms with E-state index in [2.05, 4.69) is 15.2 Å². The topological polar surface area (TPSA) is 32.6 Å². The summed E-state index contributed by atoms with van der Waals surface area (Å²) in [5, 5.41) is 4.24. The Hall–Kier alpha value is -1.80. The molecular weight excluding hydrogens is 424 g/mol. The van der Waals surface area contributed by atoms with E-state index in [-0.39, 0.29) is 0 Å². The van der Waals surface area contributed by atoms with Gasteiger partial charge in [-0.3, -0.25) is 4.90 Å². The zero-order valence-corrected chi connectivity index (χ0v) is 17.0. The van der Waals surface area contributed by atoms with Crippen LogP contribution >= 0.6 is 23.2 Å². The highest BCUT2D eigenvalue weighted by molar-refractivity contribution is 6.36. The van der Waals surface area contributed by atoms with Gasteiger partial charge in [0.2, 0.25) is 0 Å². The van der Waals surface area contributed by atoms with Gasteiger partial charge in [-0.05, 0) is 49.8 Å². The maximum absolute atomic E-state index is 13.3. The lowest BCUT2D eigenvalue weighted by molar-refractivity contribution is -0.137. The summed E-state index contributed by atoms with van der Waals surface area (Å²) in [7, 11) is 0. The molecule has 0 spiro atoms. The number of nitrogens with one attached hydrogen (secondary N) is 1. The molecule has 29 heavy (non-hydrogen) atoms. The summed E-state index contributed by atoms with van der Waals surface area (Å²) < 4.78 is 41.5. The molecule has 4 rings (SSSR count). The van der Waals surface area contributed by atoms with Crippen LogP contribution in [0.4, 0.5) is 13.2 Å². The van der Waals surface area contributed by atoms with Crippen LogP contribution in [0.15, 0.2) is 36.5 Å². The van der Waals surface area contributed by atoms with E-state index in [9.17, 15) is 13.2 Å². The molecule has 1 aliphatic rings. The molecule has 9 heteroatoms. The van der Waals surface area contributed by atoms with Gasteiger partial charge in [0.15, 0.2) is 0 Å². The van der Waals surface area contributed by atoms with Gasteiger partial charge >= 0.3 is 6.18 Å². The predicted octanol–water partition coefficient (Wildman–Crippen LogP) is 5.12. The Kier molecular flexibility index (Phi) is 5.75. The number of hydrogen-bond donors (Lipinski definition) is 1. The molecule has 1 aromatic carbocycles. The number of nitrogens with zero attached hydrogens (tertiary/aromatic N) is 3. The lowest BCUT2D eigenvalue weighted by atomic mass is 10.1. The zero-order chi connectivity index (χ0) is 20.6. The SMILES string of the molecule is FC(F)(F)c1ccc2nc(-c3ccc(Cl)cc3Cl)c(CN3CCCNCC3)n2c1. The summed E-state index contributed by atoms with van der Waals surface area (Å²) in [4.78, 5) is 6.83.